The van der Waals surface area contributed by atoms with E-state index in [4.69, 9.17) is 18.0 Å². The molecule has 0 radical (unpaired) electrons. The first-order valence-electron chi connectivity index (χ1n) is 6.19. The molecule has 3 N–H and O–H groups in total. The molecule has 112 valence electrons. The Kier molecular flexibility index (Phi) is 5.76. The van der Waals surface area contributed by atoms with Crippen molar-refractivity contribution in [2.45, 2.75) is 13.1 Å². The van der Waals surface area contributed by atoms with Crippen LogP contribution in [0.2, 0.25) is 0 Å². The Morgan fingerprint density at radius 2 is 2.05 bits per heavy atom. The average Bonchev–Trinajstić information content (AvgIpc) is 2.37. The van der Waals surface area contributed by atoms with Crippen molar-refractivity contribution < 1.29 is 13.2 Å². The van der Waals surface area contributed by atoms with Gasteiger partial charge in [-0.15, -0.1) is 0 Å². The number of anilines is 1. The fourth-order valence-electron chi connectivity index (χ4n) is 1.62. The number of hydrogen-bond donors (Lipinski definition) is 2. The maximum atomic E-state index is 12.7. The van der Waals surface area contributed by atoms with Crippen LogP contribution >= 0.6 is 12.2 Å². The molecule has 0 heterocycles. The molecule has 0 unspecified atom stereocenters. The molecule has 0 saturated carbocycles. The monoisotopic (exact) mass is 305 g/mol. The van der Waals surface area contributed by atoms with Gasteiger partial charge in [0.15, 0.2) is 0 Å². The quantitative estimate of drug-likeness (QED) is 0.793. The minimum Gasteiger partial charge on any atom is -0.389 e. The summed E-state index contributed by atoms with van der Waals surface area (Å²) in [4.78, 5) is 2.03. The number of nitrogens with two attached hydrogens (primary N) is 1. The maximum Gasteiger partial charge on any atom is 0.416 e. The summed E-state index contributed by atoms with van der Waals surface area (Å²) in [6, 6.07) is 3.37. The van der Waals surface area contributed by atoms with E-state index in [1.807, 2.05) is 14.0 Å². The second-order valence-corrected chi connectivity index (χ2v) is 4.88. The van der Waals surface area contributed by atoms with Gasteiger partial charge in [-0.3, -0.25) is 0 Å². The van der Waals surface area contributed by atoms with Gasteiger partial charge in [0.25, 0.3) is 0 Å². The van der Waals surface area contributed by atoms with Gasteiger partial charge in [0, 0.05) is 24.3 Å². The predicted molar refractivity (Wildman–Crippen MR) is 79.0 cm³/mol. The van der Waals surface area contributed by atoms with Crippen LogP contribution in [-0.4, -0.2) is 36.6 Å². The number of rotatable bonds is 6. The summed E-state index contributed by atoms with van der Waals surface area (Å²) >= 11 is 4.82. The van der Waals surface area contributed by atoms with Crippen molar-refractivity contribution >= 4 is 22.9 Å². The third-order valence-electron chi connectivity index (χ3n) is 2.96. The molecule has 0 aliphatic rings. The molecular formula is C13H18F3N3S. The Labute approximate surface area is 121 Å². The first kappa shape index (κ1) is 16.7. The molecule has 0 aliphatic heterocycles. The van der Waals surface area contributed by atoms with Crippen molar-refractivity contribution in [2.75, 3.05) is 32.0 Å². The molecule has 0 aliphatic carbocycles. The molecule has 0 amide bonds. The van der Waals surface area contributed by atoms with E-state index in [2.05, 4.69) is 10.2 Å². The van der Waals surface area contributed by atoms with Crippen LogP contribution in [0.25, 0.3) is 0 Å². The molecule has 0 aromatic heterocycles. The third-order valence-corrected chi connectivity index (χ3v) is 3.18. The molecule has 0 spiro atoms. The second-order valence-electron chi connectivity index (χ2n) is 4.45. The Hall–Kier alpha value is -1.34. The molecule has 20 heavy (non-hydrogen) atoms. The lowest BCUT2D eigenvalue weighted by atomic mass is 10.1. The smallest absolute Gasteiger partial charge is 0.389 e. The molecule has 1 aromatic carbocycles. The highest BCUT2D eigenvalue weighted by Crippen LogP contribution is 2.31. The van der Waals surface area contributed by atoms with Gasteiger partial charge in [-0.05, 0) is 31.8 Å². The van der Waals surface area contributed by atoms with Crippen molar-refractivity contribution in [3.8, 4) is 0 Å². The largest absolute Gasteiger partial charge is 0.416 e. The minimum atomic E-state index is -4.40. The molecular weight excluding hydrogens is 287 g/mol. The van der Waals surface area contributed by atoms with Crippen molar-refractivity contribution in [1.82, 2.24) is 4.90 Å². The number of nitrogens with zero attached hydrogens (tertiary/aromatic N) is 1. The number of halogens is 3. The van der Waals surface area contributed by atoms with Crippen LogP contribution in [0.1, 0.15) is 18.1 Å². The molecule has 1 rings (SSSR count). The van der Waals surface area contributed by atoms with Crippen LogP contribution in [0.5, 0.6) is 0 Å². The van der Waals surface area contributed by atoms with Crippen molar-refractivity contribution in [3.05, 3.63) is 29.3 Å². The molecule has 1 aromatic rings. The molecule has 0 bridgehead atoms. The van der Waals surface area contributed by atoms with E-state index in [-0.39, 0.29) is 10.6 Å². The summed E-state index contributed by atoms with van der Waals surface area (Å²) in [6.45, 7) is 4.30. The van der Waals surface area contributed by atoms with Gasteiger partial charge in [-0.2, -0.15) is 13.2 Å². The molecule has 0 saturated heterocycles. The highest BCUT2D eigenvalue weighted by atomic mass is 32.1. The second kappa shape index (κ2) is 6.90. The molecule has 3 nitrogen and oxygen atoms in total. The summed E-state index contributed by atoms with van der Waals surface area (Å²) in [5, 5.41) is 3.06. The number of nitrogens with one attached hydrogen (secondary N) is 1. The summed E-state index contributed by atoms with van der Waals surface area (Å²) in [7, 11) is 1.96. The van der Waals surface area contributed by atoms with Crippen LogP contribution in [0, 0.1) is 0 Å². The number of benzene rings is 1. The average molecular weight is 305 g/mol. The lowest BCUT2D eigenvalue weighted by Gasteiger charge is -2.17. The first-order chi connectivity index (χ1) is 9.25. The molecule has 0 atom stereocenters. The Morgan fingerprint density at radius 3 is 2.55 bits per heavy atom. The van der Waals surface area contributed by atoms with Gasteiger partial charge in [-0.25, -0.2) is 0 Å². The molecule has 0 fully saturated rings. The normalized spacial score (nSPS) is 11.7. The van der Waals surface area contributed by atoms with Crippen molar-refractivity contribution in [1.29, 1.82) is 0 Å². The van der Waals surface area contributed by atoms with Crippen LogP contribution in [0.3, 0.4) is 0 Å². The van der Waals surface area contributed by atoms with Crippen LogP contribution in [-0.2, 0) is 6.18 Å². The summed E-state index contributed by atoms with van der Waals surface area (Å²) in [6.07, 6.45) is -4.40. The zero-order valence-corrected chi connectivity index (χ0v) is 12.2. The number of alkyl halides is 3. The third kappa shape index (κ3) is 4.64. The number of likely N-dealkylation sites (N-methyl/N-ethyl adjacent to an activating group) is 1. The summed E-state index contributed by atoms with van der Waals surface area (Å²) in [5.74, 6) is 0. The number of thiocarbonyl (C=S) groups is 1. The Morgan fingerprint density at radius 1 is 1.40 bits per heavy atom. The van der Waals surface area contributed by atoms with Crippen molar-refractivity contribution in [3.63, 3.8) is 0 Å². The van der Waals surface area contributed by atoms with Gasteiger partial charge >= 0.3 is 6.18 Å². The highest BCUT2D eigenvalue weighted by Gasteiger charge is 2.31. The standard InChI is InChI=1S/C13H18F3N3S/c1-3-19(2)7-6-18-11-5-4-9(13(14,15)16)8-10(11)12(17)20/h4-5,8,18H,3,6-7H2,1-2H3,(H2,17,20). The van der Waals surface area contributed by atoms with E-state index in [1.54, 1.807) is 0 Å². The van der Waals surface area contributed by atoms with Crippen LogP contribution < -0.4 is 11.1 Å². The van der Waals surface area contributed by atoms with E-state index in [9.17, 15) is 13.2 Å². The van der Waals surface area contributed by atoms with Gasteiger partial charge in [-0.1, -0.05) is 19.1 Å². The highest BCUT2D eigenvalue weighted by molar-refractivity contribution is 7.80. The predicted octanol–water partition coefficient (Wildman–Crippen LogP) is 2.70. The van der Waals surface area contributed by atoms with E-state index in [1.165, 1.54) is 6.07 Å². The fourth-order valence-corrected chi connectivity index (χ4v) is 1.79. The Balaban J connectivity index is 2.88. The lowest BCUT2D eigenvalue weighted by Crippen LogP contribution is -2.25. The summed E-state index contributed by atoms with van der Waals surface area (Å²) in [5.41, 5.74) is 5.48. The first-order valence-corrected chi connectivity index (χ1v) is 6.60. The number of hydrogen-bond acceptors (Lipinski definition) is 3. The van der Waals surface area contributed by atoms with Crippen LogP contribution in [0.4, 0.5) is 18.9 Å². The van der Waals surface area contributed by atoms with Crippen molar-refractivity contribution in [2.24, 2.45) is 5.73 Å². The van der Waals surface area contributed by atoms with E-state index in [0.717, 1.165) is 25.2 Å². The van der Waals surface area contributed by atoms with Crippen LogP contribution in [0.15, 0.2) is 18.2 Å². The van der Waals surface area contributed by atoms with E-state index in [0.29, 0.717) is 12.2 Å². The van der Waals surface area contributed by atoms with Gasteiger partial charge in [0.05, 0.1) is 5.56 Å². The fraction of sp³-hybridized carbons (Fsp3) is 0.462. The Bertz CT molecular complexity index is 474. The zero-order chi connectivity index (χ0) is 15.3. The topological polar surface area (TPSA) is 41.3 Å². The summed E-state index contributed by atoms with van der Waals surface area (Å²) < 4.78 is 38.0. The molecule has 7 heteroatoms. The van der Waals surface area contributed by atoms with Gasteiger partial charge in [0.1, 0.15) is 4.99 Å². The van der Waals surface area contributed by atoms with Gasteiger partial charge < -0.3 is 16.0 Å². The lowest BCUT2D eigenvalue weighted by molar-refractivity contribution is -0.137. The van der Waals surface area contributed by atoms with E-state index < -0.39 is 11.7 Å². The maximum absolute atomic E-state index is 12.7. The van der Waals surface area contributed by atoms with E-state index >= 15 is 0 Å². The van der Waals surface area contributed by atoms with Gasteiger partial charge in [0.2, 0.25) is 0 Å². The SMILES string of the molecule is CCN(C)CCNc1ccc(C(F)(F)F)cc1C(N)=S. The minimum absolute atomic E-state index is 0.0533. The zero-order valence-electron chi connectivity index (χ0n) is 11.4.